The Morgan fingerprint density at radius 1 is 1.08 bits per heavy atom. The van der Waals surface area contributed by atoms with Crippen molar-refractivity contribution in [3.05, 3.63) is 59.7 Å². The van der Waals surface area contributed by atoms with E-state index >= 15 is 0 Å². The number of carbonyl (C=O) groups is 3. The molecule has 1 atom stereocenters. The van der Waals surface area contributed by atoms with Gasteiger partial charge in [0.2, 0.25) is 11.8 Å². The summed E-state index contributed by atoms with van der Waals surface area (Å²) in [7, 11) is 1.63. The summed E-state index contributed by atoms with van der Waals surface area (Å²) >= 11 is 1.04. The molecule has 1 saturated heterocycles. The van der Waals surface area contributed by atoms with E-state index in [1.165, 1.54) is 0 Å². The summed E-state index contributed by atoms with van der Waals surface area (Å²) in [5.74, 6) is -0.240. The molecule has 0 bridgehead atoms. The maximum atomic E-state index is 11.6. The lowest BCUT2D eigenvalue weighted by Gasteiger charge is -2.08. The van der Waals surface area contributed by atoms with Crippen LogP contribution in [0.15, 0.2) is 48.5 Å². The van der Waals surface area contributed by atoms with Crippen molar-refractivity contribution < 1.29 is 14.4 Å². The van der Waals surface area contributed by atoms with E-state index in [-0.39, 0.29) is 22.3 Å². The third kappa shape index (κ3) is 4.28. The second kappa shape index (κ2) is 7.53. The Balaban J connectivity index is 1.72. The Labute approximate surface area is 150 Å². The zero-order valence-electron chi connectivity index (χ0n) is 13.7. The van der Waals surface area contributed by atoms with Gasteiger partial charge in [0.15, 0.2) is 0 Å². The van der Waals surface area contributed by atoms with Crippen LogP contribution in [0.2, 0.25) is 0 Å². The minimum absolute atomic E-state index is 0.0191. The van der Waals surface area contributed by atoms with Gasteiger partial charge in [-0.25, -0.2) is 0 Å². The number of likely N-dealkylation sites (N-methyl/N-ethyl adjacent to an activating group) is 1. The second-order valence-electron chi connectivity index (χ2n) is 5.83. The van der Waals surface area contributed by atoms with Crippen LogP contribution in [0.5, 0.6) is 0 Å². The van der Waals surface area contributed by atoms with Gasteiger partial charge in [0.1, 0.15) is 0 Å². The lowest BCUT2D eigenvalue weighted by Crippen LogP contribution is -2.25. The molecule has 1 unspecified atom stereocenters. The monoisotopic (exact) mass is 354 g/mol. The van der Waals surface area contributed by atoms with Gasteiger partial charge in [0.05, 0.1) is 11.7 Å². The maximum Gasteiger partial charge on any atom is 0.286 e. The van der Waals surface area contributed by atoms with Gasteiger partial charge in [0.25, 0.3) is 5.24 Å². The average Bonchev–Trinajstić information content (AvgIpc) is 2.93. The number of carbonyl (C=O) groups excluding carboxylic acids is 3. The van der Waals surface area contributed by atoms with Gasteiger partial charge in [-0.15, -0.1) is 0 Å². The fourth-order valence-electron chi connectivity index (χ4n) is 2.71. The van der Waals surface area contributed by atoms with E-state index in [9.17, 15) is 14.4 Å². The van der Waals surface area contributed by atoms with Gasteiger partial charge in [0, 0.05) is 7.05 Å². The summed E-state index contributed by atoms with van der Waals surface area (Å²) < 4.78 is 0. The molecule has 0 aromatic heterocycles. The Kier molecular flexibility index (Phi) is 5.19. The predicted molar refractivity (Wildman–Crippen MR) is 98.3 cm³/mol. The molecule has 25 heavy (non-hydrogen) atoms. The minimum Gasteiger partial charge on any atom is -0.359 e. The molecule has 3 rings (SSSR count). The van der Waals surface area contributed by atoms with Crippen LogP contribution in [0.4, 0.5) is 4.79 Å². The molecule has 0 saturated carbocycles. The topological polar surface area (TPSA) is 75.3 Å². The first kappa shape index (κ1) is 17.2. The van der Waals surface area contributed by atoms with E-state index in [0.29, 0.717) is 12.8 Å². The largest absolute Gasteiger partial charge is 0.359 e. The molecule has 1 aliphatic rings. The van der Waals surface area contributed by atoms with Crippen molar-refractivity contribution in [1.29, 1.82) is 0 Å². The summed E-state index contributed by atoms with van der Waals surface area (Å²) in [6, 6.07) is 15.8. The standard InChI is InChI=1S/C19H18N2O3S/c1-20-17(22)11-13-3-2-4-15(9-13)14-7-5-12(6-8-14)10-16-18(23)21-19(24)25-16/h2-9,16H,10-11H2,1H3,(H,20,22)(H,21,23,24). The van der Waals surface area contributed by atoms with Crippen molar-refractivity contribution in [2.75, 3.05) is 7.05 Å². The van der Waals surface area contributed by atoms with Gasteiger partial charge in [-0.05, 0) is 28.7 Å². The molecule has 1 aliphatic heterocycles. The van der Waals surface area contributed by atoms with Crippen LogP contribution in [0.25, 0.3) is 11.1 Å². The fourth-order valence-corrected chi connectivity index (χ4v) is 3.57. The molecule has 6 heteroatoms. The fraction of sp³-hybridized carbons (Fsp3) is 0.211. The van der Waals surface area contributed by atoms with E-state index < -0.39 is 0 Å². The molecule has 0 radical (unpaired) electrons. The van der Waals surface area contributed by atoms with Crippen molar-refractivity contribution in [3.63, 3.8) is 0 Å². The molecule has 0 spiro atoms. The number of hydrogen-bond acceptors (Lipinski definition) is 4. The van der Waals surface area contributed by atoms with Gasteiger partial charge in [-0.3, -0.25) is 19.7 Å². The Morgan fingerprint density at radius 2 is 1.84 bits per heavy atom. The molecule has 2 aromatic rings. The third-order valence-electron chi connectivity index (χ3n) is 4.05. The molecule has 128 valence electrons. The number of nitrogens with one attached hydrogen (secondary N) is 2. The zero-order valence-corrected chi connectivity index (χ0v) is 14.6. The summed E-state index contributed by atoms with van der Waals surface area (Å²) in [4.78, 5) is 34.4. The average molecular weight is 354 g/mol. The number of amides is 3. The molecule has 3 amide bonds. The highest BCUT2D eigenvalue weighted by Gasteiger charge is 2.31. The van der Waals surface area contributed by atoms with Crippen LogP contribution >= 0.6 is 11.8 Å². The van der Waals surface area contributed by atoms with Crippen molar-refractivity contribution in [2.24, 2.45) is 0 Å². The Hall–Kier alpha value is -2.60. The molecule has 5 nitrogen and oxygen atoms in total. The van der Waals surface area contributed by atoms with Gasteiger partial charge in [-0.1, -0.05) is 60.3 Å². The van der Waals surface area contributed by atoms with Crippen molar-refractivity contribution >= 4 is 28.8 Å². The van der Waals surface area contributed by atoms with E-state index in [2.05, 4.69) is 10.6 Å². The van der Waals surface area contributed by atoms with E-state index in [1.807, 2.05) is 48.5 Å². The lowest BCUT2D eigenvalue weighted by molar-refractivity contribution is -0.120. The van der Waals surface area contributed by atoms with Crippen LogP contribution in [0, 0.1) is 0 Å². The van der Waals surface area contributed by atoms with Gasteiger partial charge < -0.3 is 5.32 Å². The first-order chi connectivity index (χ1) is 12.0. The molecule has 1 heterocycles. The van der Waals surface area contributed by atoms with Crippen LogP contribution in [-0.2, 0) is 22.4 Å². The summed E-state index contributed by atoms with van der Waals surface area (Å²) in [6.07, 6.45) is 0.879. The third-order valence-corrected chi connectivity index (χ3v) is 5.03. The van der Waals surface area contributed by atoms with Gasteiger partial charge in [-0.2, -0.15) is 0 Å². The highest BCUT2D eigenvalue weighted by Crippen LogP contribution is 2.25. The first-order valence-electron chi connectivity index (χ1n) is 7.95. The van der Waals surface area contributed by atoms with Crippen LogP contribution in [-0.4, -0.2) is 29.4 Å². The maximum absolute atomic E-state index is 11.6. The Morgan fingerprint density at radius 3 is 2.48 bits per heavy atom. The van der Waals surface area contributed by atoms with E-state index in [1.54, 1.807) is 7.05 Å². The van der Waals surface area contributed by atoms with Crippen LogP contribution in [0.1, 0.15) is 11.1 Å². The quantitative estimate of drug-likeness (QED) is 0.865. The van der Waals surface area contributed by atoms with E-state index in [0.717, 1.165) is 34.0 Å². The molecule has 0 aliphatic carbocycles. The highest BCUT2D eigenvalue weighted by atomic mass is 32.2. The van der Waals surface area contributed by atoms with Gasteiger partial charge >= 0.3 is 0 Å². The normalized spacial score (nSPS) is 16.6. The van der Waals surface area contributed by atoms with Crippen LogP contribution in [0.3, 0.4) is 0 Å². The zero-order chi connectivity index (χ0) is 17.8. The number of benzene rings is 2. The molecular weight excluding hydrogens is 336 g/mol. The molecule has 2 aromatic carbocycles. The lowest BCUT2D eigenvalue weighted by atomic mass is 9.99. The number of rotatable bonds is 5. The summed E-state index contributed by atoms with van der Waals surface area (Å²) in [6.45, 7) is 0. The minimum atomic E-state index is -0.353. The predicted octanol–water partition coefficient (Wildman–Crippen LogP) is 2.54. The van der Waals surface area contributed by atoms with Crippen molar-refractivity contribution in [1.82, 2.24) is 10.6 Å². The molecule has 1 fully saturated rings. The highest BCUT2D eigenvalue weighted by molar-refractivity contribution is 8.15. The summed E-state index contributed by atoms with van der Waals surface area (Å²) in [5, 5.41) is 4.30. The smallest absolute Gasteiger partial charge is 0.286 e. The molecule has 2 N–H and O–H groups in total. The number of thioether (sulfide) groups is 1. The number of imide groups is 1. The Bertz CT molecular complexity index is 818. The SMILES string of the molecule is CNC(=O)Cc1cccc(-c2ccc(CC3SC(=O)NC3=O)cc2)c1. The van der Waals surface area contributed by atoms with E-state index in [4.69, 9.17) is 0 Å². The second-order valence-corrected chi connectivity index (χ2v) is 7.01. The summed E-state index contributed by atoms with van der Waals surface area (Å²) in [5.41, 5.74) is 4.05. The number of hydrogen-bond donors (Lipinski definition) is 2. The molecular formula is C19H18N2O3S. The first-order valence-corrected chi connectivity index (χ1v) is 8.83. The van der Waals surface area contributed by atoms with Crippen LogP contribution < -0.4 is 10.6 Å². The van der Waals surface area contributed by atoms with Crippen molar-refractivity contribution in [2.45, 2.75) is 18.1 Å². The van der Waals surface area contributed by atoms with Crippen molar-refractivity contribution in [3.8, 4) is 11.1 Å².